The fourth-order valence-corrected chi connectivity index (χ4v) is 3.21. The molecule has 0 saturated carbocycles. The number of fused-ring (bicyclic) bond motifs is 1. The number of aromatic nitrogens is 4. The standard InChI is InChI=1S/C17H19N7O/c18-17(25)23-8-4-5-12(10-23)22-15-14-9-21-24(16(14)20-11-19-15)13-6-2-1-3-7-13/h1-3,6-7,9,11-12H,4-5,8,10H2,(H2,18,25)(H,19,20,22). The van der Waals surface area contributed by atoms with E-state index in [0.717, 1.165) is 35.4 Å². The summed E-state index contributed by atoms with van der Waals surface area (Å²) in [7, 11) is 0. The molecule has 1 unspecified atom stereocenters. The Bertz CT molecular complexity index is 892. The highest BCUT2D eigenvalue weighted by Crippen LogP contribution is 2.23. The molecule has 1 atom stereocenters. The molecule has 128 valence electrons. The second-order valence-electron chi connectivity index (χ2n) is 6.12. The molecule has 0 spiro atoms. The lowest BCUT2D eigenvalue weighted by atomic mass is 10.1. The van der Waals surface area contributed by atoms with Crippen molar-refractivity contribution in [2.45, 2.75) is 18.9 Å². The van der Waals surface area contributed by atoms with Crippen LogP contribution >= 0.6 is 0 Å². The van der Waals surface area contributed by atoms with Gasteiger partial charge in [-0.05, 0) is 25.0 Å². The summed E-state index contributed by atoms with van der Waals surface area (Å²) in [5, 5.41) is 8.72. The summed E-state index contributed by atoms with van der Waals surface area (Å²) in [6.07, 6.45) is 5.17. The monoisotopic (exact) mass is 337 g/mol. The van der Waals surface area contributed by atoms with Crippen LogP contribution in [0.4, 0.5) is 10.6 Å². The fourth-order valence-electron chi connectivity index (χ4n) is 3.21. The van der Waals surface area contributed by atoms with Gasteiger partial charge in [-0.1, -0.05) is 18.2 Å². The van der Waals surface area contributed by atoms with Crippen molar-refractivity contribution >= 4 is 22.9 Å². The number of benzene rings is 1. The summed E-state index contributed by atoms with van der Waals surface area (Å²) in [6, 6.07) is 9.58. The van der Waals surface area contributed by atoms with E-state index in [1.54, 1.807) is 15.8 Å². The van der Waals surface area contributed by atoms with Crippen molar-refractivity contribution in [2.24, 2.45) is 5.73 Å². The fraction of sp³-hybridized carbons (Fsp3) is 0.294. The van der Waals surface area contributed by atoms with Gasteiger partial charge in [0, 0.05) is 19.1 Å². The number of primary amides is 1. The van der Waals surface area contributed by atoms with Crippen LogP contribution in [-0.4, -0.2) is 49.8 Å². The van der Waals surface area contributed by atoms with Crippen LogP contribution in [0.3, 0.4) is 0 Å². The minimum Gasteiger partial charge on any atom is -0.365 e. The Balaban J connectivity index is 1.63. The Morgan fingerprint density at radius 3 is 2.88 bits per heavy atom. The minimum atomic E-state index is -0.378. The molecular formula is C17H19N7O. The number of anilines is 1. The zero-order valence-corrected chi connectivity index (χ0v) is 13.7. The number of urea groups is 1. The van der Waals surface area contributed by atoms with Gasteiger partial charge in [0.2, 0.25) is 0 Å². The first-order chi connectivity index (χ1) is 12.2. The molecule has 0 bridgehead atoms. The number of nitrogens with one attached hydrogen (secondary N) is 1. The molecule has 0 aliphatic carbocycles. The van der Waals surface area contributed by atoms with Crippen molar-refractivity contribution in [3.63, 3.8) is 0 Å². The van der Waals surface area contributed by atoms with Crippen molar-refractivity contribution in [2.75, 3.05) is 18.4 Å². The molecule has 3 N–H and O–H groups in total. The maximum Gasteiger partial charge on any atom is 0.314 e. The number of nitrogens with zero attached hydrogens (tertiary/aromatic N) is 5. The highest BCUT2D eigenvalue weighted by Gasteiger charge is 2.23. The molecule has 1 aliphatic heterocycles. The zero-order valence-electron chi connectivity index (χ0n) is 13.7. The van der Waals surface area contributed by atoms with Gasteiger partial charge in [0.1, 0.15) is 12.1 Å². The third-order valence-electron chi connectivity index (χ3n) is 4.44. The van der Waals surface area contributed by atoms with E-state index >= 15 is 0 Å². The number of para-hydroxylation sites is 1. The van der Waals surface area contributed by atoms with Gasteiger partial charge in [-0.2, -0.15) is 5.10 Å². The van der Waals surface area contributed by atoms with Crippen LogP contribution in [0, 0.1) is 0 Å². The summed E-state index contributed by atoms with van der Waals surface area (Å²) in [5.74, 6) is 0.725. The minimum absolute atomic E-state index is 0.111. The molecule has 8 heteroatoms. The summed E-state index contributed by atoms with van der Waals surface area (Å²) in [4.78, 5) is 21.8. The Labute approximate surface area is 144 Å². The molecule has 3 heterocycles. The maximum atomic E-state index is 11.4. The third-order valence-corrected chi connectivity index (χ3v) is 4.44. The number of amides is 2. The largest absolute Gasteiger partial charge is 0.365 e. The van der Waals surface area contributed by atoms with E-state index in [0.29, 0.717) is 13.1 Å². The molecule has 0 radical (unpaired) electrons. The molecule has 2 aromatic heterocycles. The first-order valence-corrected chi connectivity index (χ1v) is 8.27. The molecule has 4 rings (SSSR count). The number of carbonyl (C=O) groups excluding carboxylic acids is 1. The second kappa shape index (κ2) is 6.39. The van der Waals surface area contributed by atoms with E-state index in [1.165, 1.54) is 6.33 Å². The number of rotatable bonds is 3. The van der Waals surface area contributed by atoms with E-state index in [2.05, 4.69) is 20.4 Å². The van der Waals surface area contributed by atoms with Gasteiger partial charge < -0.3 is 16.0 Å². The highest BCUT2D eigenvalue weighted by atomic mass is 16.2. The number of carbonyl (C=O) groups is 1. The topological polar surface area (TPSA) is 102 Å². The van der Waals surface area contributed by atoms with E-state index in [1.807, 2.05) is 30.3 Å². The average Bonchev–Trinajstić information content (AvgIpc) is 3.08. The van der Waals surface area contributed by atoms with Gasteiger partial charge in [0.05, 0.1) is 17.3 Å². The lowest BCUT2D eigenvalue weighted by molar-refractivity contribution is 0.192. The lowest BCUT2D eigenvalue weighted by Gasteiger charge is -2.32. The van der Waals surface area contributed by atoms with Crippen molar-refractivity contribution < 1.29 is 4.79 Å². The van der Waals surface area contributed by atoms with Crippen molar-refractivity contribution in [1.82, 2.24) is 24.6 Å². The third kappa shape index (κ3) is 2.98. The predicted molar refractivity (Wildman–Crippen MR) is 94.5 cm³/mol. The normalized spacial score (nSPS) is 17.6. The number of likely N-dealkylation sites (tertiary alicyclic amines) is 1. The van der Waals surface area contributed by atoms with Crippen LogP contribution in [0.5, 0.6) is 0 Å². The summed E-state index contributed by atoms with van der Waals surface area (Å²) < 4.78 is 1.79. The van der Waals surface area contributed by atoms with Gasteiger partial charge in [-0.15, -0.1) is 0 Å². The Hall–Kier alpha value is -3.16. The maximum absolute atomic E-state index is 11.4. The van der Waals surface area contributed by atoms with Crippen LogP contribution in [0.2, 0.25) is 0 Å². The zero-order chi connectivity index (χ0) is 17.2. The van der Waals surface area contributed by atoms with E-state index in [4.69, 9.17) is 5.73 Å². The Morgan fingerprint density at radius 1 is 1.24 bits per heavy atom. The van der Waals surface area contributed by atoms with Gasteiger partial charge in [-0.25, -0.2) is 19.4 Å². The number of hydrogen-bond acceptors (Lipinski definition) is 5. The van der Waals surface area contributed by atoms with Crippen LogP contribution in [-0.2, 0) is 0 Å². The molecule has 8 nitrogen and oxygen atoms in total. The first-order valence-electron chi connectivity index (χ1n) is 8.27. The molecule has 2 amide bonds. The lowest BCUT2D eigenvalue weighted by Crippen LogP contribution is -2.47. The van der Waals surface area contributed by atoms with E-state index < -0.39 is 0 Å². The van der Waals surface area contributed by atoms with Crippen molar-refractivity contribution in [1.29, 1.82) is 0 Å². The van der Waals surface area contributed by atoms with Gasteiger partial charge >= 0.3 is 6.03 Å². The number of piperidine rings is 1. The van der Waals surface area contributed by atoms with Gasteiger partial charge in [0.15, 0.2) is 5.65 Å². The summed E-state index contributed by atoms with van der Waals surface area (Å²) in [5.41, 5.74) is 7.09. The quantitative estimate of drug-likeness (QED) is 0.758. The molecular weight excluding hydrogens is 318 g/mol. The average molecular weight is 337 g/mol. The Morgan fingerprint density at radius 2 is 2.08 bits per heavy atom. The van der Waals surface area contributed by atoms with Crippen LogP contribution in [0.25, 0.3) is 16.7 Å². The Kier molecular flexibility index (Phi) is 3.93. The molecule has 1 fully saturated rings. The van der Waals surface area contributed by atoms with Crippen molar-refractivity contribution in [3.05, 3.63) is 42.9 Å². The van der Waals surface area contributed by atoms with Gasteiger partial charge in [-0.3, -0.25) is 0 Å². The first kappa shape index (κ1) is 15.4. The molecule has 3 aromatic rings. The van der Waals surface area contributed by atoms with E-state index in [-0.39, 0.29) is 12.1 Å². The predicted octanol–water partition coefficient (Wildman–Crippen LogP) is 1.77. The van der Waals surface area contributed by atoms with Crippen molar-refractivity contribution in [3.8, 4) is 5.69 Å². The highest BCUT2D eigenvalue weighted by molar-refractivity contribution is 5.87. The molecule has 1 aliphatic rings. The molecule has 1 aromatic carbocycles. The van der Waals surface area contributed by atoms with Crippen LogP contribution in [0.1, 0.15) is 12.8 Å². The molecule has 1 saturated heterocycles. The smallest absolute Gasteiger partial charge is 0.314 e. The molecule has 25 heavy (non-hydrogen) atoms. The summed E-state index contributed by atoms with van der Waals surface area (Å²) in [6.45, 7) is 1.28. The van der Waals surface area contributed by atoms with Crippen LogP contribution < -0.4 is 11.1 Å². The van der Waals surface area contributed by atoms with Crippen LogP contribution in [0.15, 0.2) is 42.9 Å². The van der Waals surface area contributed by atoms with Gasteiger partial charge in [0.25, 0.3) is 0 Å². The number of nitrogens with two attached hydrogens (primary N) is 1. The van der Waals surface area contributed by atoms with E-state index in [9.17, 15) is 4.79 Å². The second-order valence-corrected chi connectivity index (χ2v) is 6.12. The summed E-state index contributed by atoms with van der Waals surface area (Å²) >= 11 is 0. The number of hydrogen-bond donors (Lipinski definition) is 2. The SMILES string of the molecule is NC(=O)N1CCCC(Nc2ncnc3c2cnn3-c2ccccc2)C1.